The lowest BCUT2D eigenvalue weighted by Crippen LogP contribution is -2.14. The molecule has 2 aromatic rings. The third-order valence-electron chi connectivity index (χ3n) is 5.57. The van der Waals surface area contributed by atoms with E-state index in [0.717, 1.165) is 22.6 Å². The molecule has 29 heavy (non-hydrogen) atoms. The van der Waals surface area contributed by atoms with Crippen molar-refractivity contribution in [2.75, 3.05) is 20.3 Å². The first-order chi connectivity index (χ1) is 13.8. The maximum Gasteiger partial charge on any atom is 0.331 e. The molecule has 1 saturated carbocycles. The van der Waals surface area contributed by atoms with Gasteiger partial charge in [0.15, 0.2) is 6.61 Å². The zero-order valence-corrected chi connectivity index (χ0v) is 17.9. The Labute approximate surface area is 172 Å². The third-order valence-corrected chi connectivity index (χ3v) is 5.57. The predicted molar refractivity (Wildman–Crippen MR) is 112 cm³/mol. The van der Waals surface area contributed by atoms with Crippen molar-refractivity contribution in [1.82, 2.24) is 9.13 Å². The standard InChI is InChI=1S/C23H30N2O4/c1-15-13-21(18(4)24(15)10-11-28-5)22(26)14-29-23(27)9-6-19-12-16(2)25(17(19)3)20-7-8-20/h6,9,12-13,20H,7-8,10-11,14H2,1-5H3/b9-6+. The maximum atomic E-state index is 12.5. The van der Waals surface area contributed by atoms with Crippen molar-refractivity contribution < 1.29 is 19.1 Å². The Morgan fingerprint density at radius 2 is 1.83 bits per heavy atom. The van der Waals surface area contributed by atoms with Crippen LogP contribution in [0, 0.1) is 27.7 Å². The van der Waals surface area contributed by atoms with Crippen LogP contribution in [0.3, 0.4) is 0 Å². The average Bonchev–Trinajstić information content (AvgIpc) is 3.42. The summed E-state index contributed by atoms with van der Waals surface area (Å²) in [6.07, 6.45) is 5.60. The van der Waals surface area contributed by atoms with E-state index in [1.54, 1.807) is 13.2 Å². The van der Waals surface area contributed by atoms with E-state index in [4.69, 9.17) is 9.47 Å². The monoisotopic (exact) mass is 398 g/mol. The van der Waals surface area contributed by atoms with Gasteiger partial charge in [-0.05, 0) is 64.3 Å². The molecule has 0 atom stereocenters. The Kier molecular flexibility index (Phi) is 6.42. The molecule has 1 aliphatic carbocycles. The number of carbonyl (C=O) groups excluding carboxylic acids is 2. The number of esters is 1. The zero-order chi connectivity index (χ0) is 21.1. The molecule has 1 aliphatic rings. The van der Waals surface area contributed by atoms with Gasteiger partial charge in [0.1, 0.15) is 0 Å². The first-order valence-electron chi connectivity index (χ1n) is 10.1. The molecular weight excluding hydrogens is 368 g/mol. The second-order valence-electron chi connectivity index (χ2n) is 7.72. The predicted octanol–water partition coefficient (Wildman–Crippen LogP) is 3.94. The molecule has 3 rings (SSSR count). The summed E-state index contributed by atoms with van der Waals surface area (Å²) >= 11 is 0. The number of ether oxygens (including phenoxy) is 2. The summed E-state index contributed by atoms with van der Waals surface area (Å²) in [7, 11) is 1.65. The van der Waals surface area contributed by atoms with Gasteiger partial charge in [-0.25, -0.2) is 4.79 Å². The molecular formula is C23H30N2O4. The summed E-state index contributed by atoms with van der Waals surface area (Å²) in [6.45, 7) is 8.99. The van der Waals surface area contributed by atoms with Gasteiger partial charge in [-0.15, -0.1) is 0 Å². The molecule has 0 spiro atoms. The van der Waals surface area contributed by atoms with Crippen LogP contribution in [0.4, 0.5) is 0 Å². The molecule has 0 bridgehead atoms. The van der Waals surface area contributed by atoms with Crippen LogP contribution >= 0.6 is 0 Å². The van der Waals surface area contributed by atoms with Crippen LogP contribution in [0.5, 0.6) is 0 Å². The lowest BCUT2D eigenvalue weighted by atomic mass is 10.1. The average molecular weight is 399 g/mol. The molecule has 0 aromatic carbocycles. The Morgan fingerprint density at radius 3 is 2.48 bits per heavy atom. The van der Waals surface area contributed by atoms with E-state index in [-0.39, 0.29) is 12.4 Å². The number of aromatic nitrogens is 2. The number of aryl methyl sites for hydroxylation is 2. The molecule has 6 nitrogen and oxygen atoms in total. The number of methoxy groups -OCH3 is 1. The Balaban J connectivity index is 1.59. The Hall–Kier alpha value is -2.60. The molecule has 0 unspecified atom stereocenters. The number of hydrogen-bond acceptors (Lipinski definition) is 4. The van der Waals surface area contributed by atoms with Crippen LogP contribution in [0.2, 0.25) is 0 Å². The Bertz CT molecular complexity index is 945. The van der Waals surface area contributed by atoms with E-state index >= 15 is 0 Å². The molecule has 2 heterocycles. The van der Waals surface area contributed by atoms with E-state index in [1.807, 2.05) is 24.5 Å². The largest absolute Gasteiger partial charge is 0.454 e. The van der Waals surface area contributed by atoms with Crippen molar-refractivity contribution in [3.63, 3.8) is 0 Å². The highest BCUT2D eigenvalue weighted by Crippen LogP contribution is 2.38. The van der Waals surface area contributed by atoms with Crippen LogP contribution in [0.1, 0.15) is 57.6 Å². The van der Waals surface area contributed by atoms with E-state index < -0.39 is 5.97 Å². The normalized spacial score (nSPS) is 14.0. The molecule has 0 N–H and O–H groups in total. The van der Waals surface area contributed by atoms with Crippen molar-refractivity contribution in [3.05, 3.63) is 52.1 Å². The van der Waals surface area contributed by atoms with Gasteiger partial charge in [0.25, 0.3) is 0 Å². The minimum atomic E-state index is -0.511. The molecule has 0 aliphatic heterocycles. The lowest BCUT2D eigenvalue weighted by Gasteiger charge is -2.08. The fraction of sp³-hybridized carbons (Fsp3) is 0.478. The van der Waals surface area contributed by atoms with Crippen LogP contribution in [-0.4, -0.2) is 41.2 Å². The molecule has 0 saturated heterocycles. The van der Waals surface area contributed by atoms with Crippen molar-refractivity contribution in [3.8, 4) is 0 Å². The molecule has 1 fully saturated rings. The van der Waals surface area contributed by atoms with Crippen molar-refractivity contribution in [2.24, 2.45) is 0 Å². The summed E-state index contributed by atoms with van der Waals surface area (Å²) in [5, 5.41) is 0. The molecule has 2 aromatic heterocycles. The lowest BCUT2D eigenvalue weighted by molar-refractivity contribution is -0.136. The summed E-state index contributed by atoms with van der Waals surface area (Å²) in [4.78, 5) is 24.6. The number of nitrogens with zero attached hydrogens (tertiary/aromatic N) is 2. The van der Waals surface area contributed by atoms with Crippen molar-refractivity contribution >= 4 is 17.8 Å². The molecule has 0 radical (unpaired) electrons. The van der Waals surface area contributed by atoms with Gasteiger partial charge in [0.2, 0.25) is 5.78 Å². The van der Waals surface area contributed by atoms with Crippen LogP contribution in [0.25, 0.3) is 6.08 Å². The van der Waals surface area contributed by atoms with Gasteiger partial charge in [-0.2, -0.15) is 0 Å². The van der Waals surface area contributed by atoms with Crippen LogP contribution < -0.4 is 0 Å². The SMILES string of the molecule is COCCn1c(C)cc(C(=O)COC(=O)/C=C/c2cc(C)n(C3CC3)c2C)c1C. The van der Waals surface area contributed by atoms with E-state index in [0.29, 0.717) is 24.8 Å². The van der Waals surface area contributed by atoms with Gasteiger partial charge in [-0.1, -0.05) is 0 Å². The van der Waals surface area contributed by atoms with Gasteiger partial charge < -0.3 is 18.6 Å². The fourth-order valence-electron chi connectivity index (χ4n) is 3.90. The van der Waals surface area contributed by atoms with E-state index in [1.165, 1.54) is 24.6 Å². The second kappa shape index (κ2) is 8.82. The minimum absolute atomic E-state index is 0.199. The first kappa shape index (κ1) is 21.1. The van der Waals surface area contributed by atoms with Crippen LogP contribution in [0.15, 0.2) is 18.2 Å². The zero-order valence-electron chi connectivity index (χ0n) is 17.9. The highest BCUT2D eigenvalue weighted by Gasteiger charge is 2.26. The summed E-state index contributed by atoms with van der Waals surface area (Å²) < 4.78 is 14.7. The number of Topliss-reactive ketones (excluding diaryl/α,β-unsaturated/α-hetero) is 1. The topological polar surface area (TPSA) is 62.5 Å². The fourth-order valence-corrected chi connectivity index (χ4v) is 3.90. The number of hydrogen-bond donors (Lipinski definition) is 0. The molecule has 0 amide bonds. The van der Waals surface area contributed by atoms with Gasteiger partial charge in [0.05, 0.1) is 6.61 Å². The second-order valence-corrected chi connectivity index (χ2v) is 7.72. The summed E-state index contributed by atoms with van der Waals surface area (Å²) in [6, 6.07) is 4.52. The number of rotatable bonds is 9. The van der Waals surface area contributed by atoms with E-state index in [2.05, 4.69) is 24.5 Å². The van der Waals surface area contributed by atoms with Crippen molar-refractivity contribution in [2.45, 2.75) is 53.1 Å². The first-order valence-corrected chi connectivity index (χ1v) is 10.1. The summed E-state index contributed by atoms with van der Waals surface area (Å²) in [5.74, 6) is -0.710. The third kappa shape index (κ3) is 4.70. The number of carbonyl (C=O) groups is 2. The minimum Gasteiger partial charge on any atom is -0.454 e. The molecule has 156 valence electrons. The molecule has 6 heteroatoms. The van der Waals surface area contributed by atoms with Gasteiger partial charge in [-0.3, -0.25) is 4.79 Å². The highest BCUT2D eigenvalue weighted by atomic mass is 16.5. The van der Waals surface area contributed by atoms with Crippen molar-refractivity contribution in [1.29, 1.82) is 0 Å². The van der Waals surface area contributed by atoms with Crippen LogP contribution in [-0.2, 0) is 20.8 Å². The number of ketones is 1. The van der Waals surface area contributed by atoms with Gasteiger partial charge >= 0.3 is 5.97 Å². The summed E-state index contributed by atoms with van der Waals surface area (Å²) in [5.41, 5.74) is 5.82. The smallest absolute Gasteiger partial charge is 0.331 e. The quantitative estimate of drug-likeness (QED) is 0.365. The van der Waals surface area contributed by atoms with E-state index in [9.17, 15) is 9.59 Å². The highest BCUT2D eigenvalue weighted by molar-refractivity contribution is 6.00. The Morgan fingerprint density at radius 1 is 1.10 bits per heavy atom. The van der Waals surface area contributed by atoms with Gasteiger partial charge in [0, 0.05) is 54.1 Å². The maximum absolute atomic E-state index is 12.5.